The number of fused-ring (bicyclic) bond motifs is 1. The Balaban J connectivity index is 1.80. The van der Waals surface area contributed by atoms with Crippen molar-refractivity contribution in [3.8, 4) is 0 Å². The number of rotatable bonds is 3. The number of nitrogens with zero attached hydrogens (tertiary/aromatic N) is 1. The van der Waals surface area contributed by atoms with Gasteiger partial charge in [-0.25, -0.2) is 4.98 Å². The van der Waals surface area contributed by atoms with Gasteiger partial charge in [0, 0.05) is 11.4 Å². The number of anilines is 1. The minimum absolute atomic E-state index is 0.539. The maximum Gasteiger partial charge on any atom is 0.126 e. The summed E-state index contributed by atoms with van der Waals surface area (Å²) in [5.74, 6) is 1.84. The lowest BCUT2D eigenvalue weighted by Crippen LogP contribution is -2.31. The van der Waals surface area contributed by atoms with Crippen molar-refractivity contribution in [1.29, 1.82) is 0 Å². The van der Waals surface area contributed by atoms with Crippen LogP contribution in [-0.4, -0.2) is 11.0 Å². The largest absolute Gasteiger partial charge is 0.367 e. The molecular weight excluding hydrogens is 208 g/mol. The molecule has 3 rings (SSSR count). The highest BCUT2D eigenvalue weighted by atomic mass is 15.0. The molecule has 0 saturated heterocycles. The van der Waals surface area contributed by atoms with Crippen LogP contribution in [0.25, 0.3) is 10.9 Å². The molecule has 1 atom stereocenters. The molecule has 2 nitrogen and oxygen atoms in total. The fraction of sp³-hybridized carbons (Fsp3) is 0.400. The second-order valence-electron chi connectivity index (χ2n) is 5.01. The molecule has 2 aromatic rings. The van der Waals surface area contributed by atoms with Gasteiger partial charge >= 0.3 is 0 Å². The summed E-state index contributed by atoms with van der Waals surface area (Å²) >= 11 is 0. The molecule has 88 valence electrons. The van der Waals surface area contributed by atoms with E-state index in [1.807, 2.05) is 12.1 Å². The van der Waals surface area contributed by atoms with Gasteiger partial charge in [0.25, 0.3) is 0 Å². The first-order valence-corrected chi connectivity index (χ1v) is 6.45. The Bertz CT molecular complexity index is 517. The van der Waals surface area contributed by atoms with Crippen molar-refractivity contribution >= 4 is 16.7 Å². The summed E-state index contributed by atoms with van der Waals surface area (Å²) in [7, 11) is 0. The minimum atomic E-state index is 0.539. The number of para-hydroxylation sites is 1. The van der Waals surface area contributed by atoms with Crippen molar-refractivity contribution in [2.24, 2.45) is 5.92 Å². The molecule has 1 N–H and O–H groups in total. The second-order valence-corrected chi connectivity index (χ2v) is 5.01. The van der Waals surface area contributed by atoms with E-state index in [2.05, 4.69) is 41.5 Å². The Morgan fingerprint density at radius 3 is 2.76 bits per heavy atom. The number of aromatic nitrogens is 1. The van der Waals surface area contributed by atoms with Crippen molar-refractivity contribution in [3.63, 3.8) is 0 Å². The molecule has 0 aliphatic heterocycles. The Labute approximate surface area is 102 Å². The van der Waals surface area contributed by atoms with E-state index >= 15 is 0 Å². The SMILES string of the molecule is CC(Nc1ccc2ccccc2n1)C1CCC1. The maximum atomic E-state index is 4.64. The smallest absolute Gasteiger partial charge is 0.126 e. The molecule has 1 unspecified atom stereocenters. The van der Waals surface area contributed by atoms with Crippen LogP contribution in [0, 0.1) is 5.92 Å². The molecule has 0 radical (unpaired) electrons. The van der Waals surface area contributed by atoms with Crippen LogP contribution in [-0.2, 0) is 0 Å². The van der Waals surface area contributed by atoms with Gasteiger partial charge in [0.2, 0.25) is 0 Å². The Hall–Kier alpha value is -1.57. The van der Waals surface area contributed by atoms with Crippen LogP contribution in [0.3, 0.4) is 0 Å². The third kappa shape index (κ3) is 2.12. The highest BCUT2D eigenvalue weighted by Gasteiger charge is 2.23. The number of pyridine rings is 1. The first kappa shape index (κ1) is 10.6. The minimum Gasteiger partial charge on any atom is -0.367 e. The molecule has 1 aromatic carbocycles. The monoisotopic (exact) mass is 226 g/mol. The number of nitrogens with one attached hydrogen (secondary N) is 1. The van der Waals surface area contributed by atoms with Crippen LogP contribution < -0.4 is 5.32 Å². The van der Waals surface area contributed by atoms with Gasteiger partial charge in [0.05, 0.1) is 5.52 Å². The zero-order valence-corrected chi connectivity index (χ0v) is 10.2. The van der Waals surface area contributed by atoms with Gasteiger partial charge in [-0.05, 0) is 43.9 Å². The van der Waals surface area contributed by atoms with Crippen molar-refractivity contribution < 1.29 is 0 Å². The fourth-order valence-corrected chi connectivity index (χ4v) is 2.44. The van der Waals surface area contributed by atoms with Crippen LogP contribution in [0.2, 0.25) is 0 Å². The van der Waals surface area contributed by atoms with E-state index in [1.165, 1.54) is 24.6 Å². The summed E-state index contributed by atoms with van der Waals surface area (Å²) in [6.45, 7) is 2.26. The number of hydrogen-bond acceptors (Lipinski definition) is 2. The average molecular weight is 226 g/mol. The van der Waals surface area contributed by atoms with Crippen molar-refractivity contribution in [3.05, 3.63) is 36.4 Å². The lowest BCUT2D eigenvalue weighted by atomic mass is 9.80. The molecule has 2 heteroatoms. The fourth-order valence-electron chi connectivity index (χ4n) is 2.44. The third-order valence-electron chi connectivity index (χ3n) is 3.83. The molecule has 1 heterocycles. The zero-order valence-electron chi connectivity index (χ0n) is 10.2. The van der Waals surface area contributed by atoms with Crippen LogP contribution in [0.4, 0.5) is 5.82 Å². The van der Waals surface area contributed by atoms with Gasteiger partial charge in [-0.15, -0.1) is 0 Å². The topological polar surface area (TPSA) is 24.9 Å². The quantitative estimate of drug-likeness (QED) is 0.860. The highest BCUT2D eigenvalue weighted by molar-refractivity contribution is 5.80. The van der Waals surface area contributed by atoms with E-state index in [-0.39, 0.29) is 0 Å². The number of hydrogen-bond donors (Lipinski definition) is 1. The molecule has 1 aromatic heterocycles. The van der Waals surface area contributed by atoms with Gasteiger partial charge in [0.15, 0.2) is 0 Å². The van der Waals surface area contributed by atoms with Crippen molar-refractivity contribution in [2.45, 2.75) is 32.2 Å². The van der Waals surface area contributed by atoms with E-state index in [0.29, 0.717) is 6.04 Å². The van der Waals surface area contributed by atoms with Crippen LogP contribution >= 0.6 is 0 Å². The first-order chi connectivity index (χ1) is 8.33. The Kier molecular flexibility index (Phi) is 2.71. The summed E-state index contributed by atoms with van der Waals surface area (Å²) in [5, 5.41) is 4.73. The van der Waals surface area contributed by atoms with Gasteiger partial charge in [-0.1, -0.05) is 24.6 Å². The normalized spacial score (nSPS) is 17.7. The van der Waals surface area contributed by atoms with Gasteiger partial charge in [-0.2, -0.15) is 0 Å². The third-order valence-corrected chi connectivity index (χ3v) is 3.83. The van der Waals surface area contributed by atoms with Crippen molar-refractivity contribution in [2.75, 3.05) is 5.32 Å². The summed E-state index contributed by atoms with van der Waals surface area (Å²) in [6, 6.07) is 13.0. The summed E-state index contributed by atoms with van der Waals surface area (Å²) in [5.41, 5.74) is 1.07. The van der Waals surface area contributed by atoms with E-state index < -0.39 is 0 Å². The predicted molar refractivity (Wildman–Crippen MR) is 72.2 cm³/mol. The summed E-state index contributed by atoms with van der Waals surface area (Å²) in [6.07, 6.45) is 4.12. The summed E-state index contributed by atoms with van der Waals surface area (Å²) < 4.78 is 0. The maximum absolute atomic E-state index is 4.64. The van der Waals surface area contributed by atoms with Crippen molar-refractivity contribution in [1.82, 2.24) is 4.98 Å². The molecule has 0 spiro atoms. The predicted octanol–water partition coefficient (Wildman–Crippen LogP) is 3.84. The summed E-state index contributed by atoms with van der Waals surface area (Å²) in [4.78, 5) is 4.64. The Morgan fingerprint density at radius 1 is 1.18 bits per heavy atom. The molecule has 17 heavy (non-hydrogen) atoms. The molecule has 1 saturated carbocycles. The van der Waals surface area contributed by atoms with E-state index in [4.69, 9.17) is 0 Å². The van der Waals surface area contributed by atoms with Gasteiger partial charge in [-0.3, -0.25) is 0 Å². The standard InChI is InChI=1S/C15H18N2/c1-11(12-6-4-7-12)16-15-10-9-13-5-2-3-8-14(13)17-15/h2-3,5,8-12H,4,6-7H2,1H3,(H,16,17). The van der Waals surface area contributed by atoms with E-state index in [1.54, 1.807) is 0 Å². The lowest BCUT2D eigenvalue weighted by Gasteiger charge is -2.32. The molecular formula is C15H18N2. The Morgan fingerprint density at radius 2 is 2.00 bits per heavy atom. The lowest BCUT2D eigenvalue weighted by molar-refractivity contribution is 0.285. The zero-order chi connectivity index (χ0) is 11.7. The molecule has 1 aliphatic rings. The van der Waals surface area contributed by atoms with Gasteiger partial charge < -0.3 is 5.32 Å². The second kappa shape index (κ2) is 4.36. The molecule has 1 fully saturated rings. The molecule has 1 aliphatic carbocycles. The van der Waals surface area contributed by atoms with Crippen LogP contribution in [0.5, 0.6) is 0 Å². The van der Waals surface area contributed by atoms with E-state index in [9.17, 15) is 0 Å². The molecule has 0 amide bonds. The van der Waals surface area contributed by atoms with Gasteiger partial charge in [0.1, 0.15) is 5.82 Å². The van der Waals surface area contributed by atoms with E-state index in [0.717, 1.165) is 17.3 Å². The average Bonchev–Trinajstić information content (AvgIpc) is 2.26. The molecule has 0 bridgehead atoms. The highest BCUT2D eigenvalue weighted by Crippen LogP contribution is 2.30. The number of benzene rings is 1. The van der Waals surface area contributed by atoms with Crippen LogP contribution in [0.15, 0.2) is 36.4 Å². The first-order valence-electron chi connectivity index (χ1n) is 6.45. The van der Waals surface area contributed by atoms with Crippen LogP contribution in [0.1, 0.15) is 26.2 Å².